The highest BCUT2D eigenvalue weighted by molar-refractivity contribution is 5.25. The third-order valence-electron chi connectivity index (χ3n) is 1.67. The first-order chi connectivity index (χ1) is 7.43. The Morgan fingerprint density at radius 3 is 1.93 bits per heavy atom. The van der Waals surface area contributed by atoms with Gasteiger partial charge in [-0.15, -0.1) is 0 Å². The Balaban J connectivity index is -0.000000208. The van der Waals surface area contributed by atoms with E-state index in [2.05, 4.69) is 42.4 Å². The van der Waals surface area contributed by atoms with Crippen LogP contribution < -0.4 is 17.2 Å². The van der Waals surface area contributed by atoms with E-state index in [9.17, 15) is 0 Å². The third kappa shape index (κ3) is 16.1. The van der Waals surface area contributed by atoms with Crippen LogP contribution in [0.2, 0.25) is 0 Å². The molecule has 0 spiro atoms. The third-order valence-corrected chi connectivity index (χ3v) is 1.67. The summed E-state index contributed by atoms with van der Waals surface area (Å²) in [5, 5.41) is 0. The van der Waals surface area contributed by atoms with E-state index in [4.69, 9.17) is 0 Å². The van der Waals surface area contributed by atoms with Crippen molar-refractivity contribution in [3.63, 3.8) is 0 Å². The van der Waals surface area contributed by atoms with E-state index >= 15 is 0 Å². The minimum Gasteiger partial charge on any atom is -0.333 e. The largest absolute Gasteiger partial charge is 0.333 e. The molecule has 0 aliphatic heterocycles. The Labute approximate surface area is 95.4 Å². The predicted octanol–water partition coefficient (Wildman–Crippen LogP) is 1.79. The second-order valence-electron chi connectivity index (χ2n) is 2.52. The van der Waals surface area contributed by atoms with E-state index in [0.29, 0.717) is 0 Å². The van der Waals surface area contributed by atoms with Crippen LogP contribution in [0.4, 0.5) is 0 Å². The molecule has 0 radical (unpaired) electrons. The van der Waals surface area contributed by atoms with Crippen molar-refractivity contribution in [1.82, 2.24) is 0 Å². The second-order valence-corrected chi connectivity index (χ2v) is 2.52. The summed E-state index contributed by atoms with van der Waals surface area (Å²) < 4.78 is 0. The van der Waals surface area contributed by atoms with Crippen molar-refractivity contribution in [2.45, 2.75) is 32.6 Å². The number of nitrogens with two attached hydrogens (primary N) is 3. The second kappa shape index (κ2) is 23.3. The van der Waals surface area contributed by atoms with Crippen LogP contribution >= 0.6 is 0 Å². The van der Waals surface area contributed by atoms with Gasteiger partial charge in [0.2, 0.25) is 0 Å². The van der Waals surface area contributed by atoms with Gasteiger partial charge in [0, 0.05) is 0 Å². The quantitative estimate of drug-likeness (QED) is 0.671. The minimum atomic E-state index is 1.17. The summed E-state index contributed by atoms with van der Waals surface area (Å²) in [6, 6.07) is 0. The summed E-state index contributed by atoms with van der Waals surface area (Å²) in [5.74, 6) is 0. The van der Waals surface area contributed by atoms with E-state index < -0.39 is 0 Å². The lowest BCUT2D eigenvalue weighted by Gasteiger charge is -1.94. The standard InChI is InChI=1S/C9H14.3CH5N/c1-2-3-6-9-7-4-5-8-9;3*1-2/h4,7-8H,2-3,5-6H2,1H3;3*2H2,1H3. The lowest BCUT2D eigenvalue weighted by Crippen LogP contribution is -1.74. The smallest absolute Gasteiger partial charge is 0.0160 e. The predicted molar refractivity (Wildman–Crippen MR) is 71.7 cm³/mol. The van der Waals surface area contributed by atoms with Crippen LogP contribution in [0.25, 0.3) is 0 Å². The van der Waals surface area contributed by atoms with Crippen LogP contribution in [0, 0.1) is 0 Å². The molecule has 1 aliphatic carbocycles. The molecule has 3 heteroatoms. The maximum atomic E-state index is 4.50. The summed E-state index contributed by atoms with van der Waals surface area (Å²) in [6.45, 7) is 2.24. The van der Waals surface area contributed by atoms with Crippen molar-refractivity contribution in [3.05, 3.63) is 23.8 Å². The molecule has 0 aromatic carbocycles. The summed E-state index contributed by atoms with van der Waals surface area (Å²) in [6.07, 6.45) is 11.9. The van der Waals surface area contributed by atoms with Gasteiger partial charge in [0.15, 0.2) is 0 Å². The molecule has 1 aliphatic rings. The lowest BCUT2D eigenvalue weighted by atomic mass is 10.1. The molecule has 3 nitrogen and oxygen atoms in total. The topological polar surface area (TPSA) is 78.1 Å². The fourth-order valence-electron chi connectivity index (χ4n) is 1.07. The number of hydrogen-bond donors (Lipinski definition) is 3. The van der Waals surface area contributed by atoms with Gasteiger partial charge in [-0.1, -0.05) is 37.1 Å². The van der Waals surface area contributed by atoms with Crippen LogP contribution in [0.15, 0.2) is 23.8 Å². The molecule has 1 rings (SSSR count). The van der Waals surface area contributed by atoms with Crippen molar-refractivity contribution < 1.29 is 0 Å². The molecule has 0 unspecified atom stereocenters. The normalized spacial score (nSPS) is 11.0. The molecule has 15 heavy (non-hydrogen) atoms. The Kier molecular flexibility index (Phi) is 30.8. The number of allylic oxidation sites excluding steroid dienone is 4. The molecule has 0 bridgehead atoms. The Hall–Kier alpha value is -0.640. The van der Waals surface area contributed by atoms with Gasteiger partial charge in [-0.05, 0) is 40.4 Å². The van der Waals surface area contributed by atoms with E-state index in [1.54, 1.807) is 0 Å². The maximum absolute atomic E-state index is 4.50. The number of hydrogen-bond acceptors (Lipinski definition) is 3. The van der Waals surface area contributed by atoms with Gasteiger partial charge in [0.25, 0.3) is 0 Å². The van der Waals surface area contributed by atoms with Crippen LogP contribution in [0.3, 0.4) is 0 Å². The Morgan fingerprint density at radius 1 is 1.07 bits per heavy atom. The summed E-state index contributed by atoms with van der Waals surface area (Å²) >= 11 is 0. The van der Waals surface area contributed by atoms with E-state index in [0.717, 1.165) is 0 Å². The SMILES string of the molecule is CCCCC1=CCC=C1.CN.CN.CN. The Morgan fingerprint density at radius 2 is 1.60 bits per heavy atom. The maximum Gasteiger partial charge on any atom is -0.0160 e. The van der Waals surface area contributed by atoms with Crippen LogP contribution in [0.1, 0.15) is 32.6 Å². The first kappa shape index (κ1) is 19.9. The fourth-order valence-corrected chi connectivity index (χ4v) is 1.07. The summed E-state index contributed by atoms with van der Waals surface area (Å²) in [4.78, 5) is 0. The Bertz CT molecular complexity index is 140. The van der Waals surface area contributed by atoms with E-state index in [-0.39, 0.29) is 0 Å². The molecular formula is C12H29N3. The minimum absolute atomic E-state index is 1.17. The zero-order chi connectivity index (χ0) is 12.5. The van der Waals surface area contributed by atoms with Crippen molar-refractivity contribution >= 4 is 0 Å². The molecule has 0 heterocycles. The van der Waals surface area contributed by atoms with Gasteiger partial charge >= 0.3 is 0 Å². The monoisotopic (exact) mass is 215 g/mol. The molecular weight excluding hydrogens is 186 g/mol. The van der Waals surface area contributed by atoms with Crippen molar-refractivity contribution in [1.29, 1.82) is 0 Å². The average Bonchev–Trinajstić information content (AvgIpc) is 2.87. The molecule has 6 N–H and O–H groups in total. The summed E-state index contributed by atoms with van der Waals surface area (Å²) in [7, 11) is 4.50. The van der Waals surface area contributed by atoms with Gasteiger partial charge in [-0.3, -0.25) is 0 Å². The zero-order valence-electron chi connectivity index (χ0n) is 10.8. The van der Waals surface area contributed by atoms with E-state index in [1.165, 1.54) is 52.4 Å². The highest BCUT2D eigenvalue weighted by Crippen LogP contribution is 2.14. The van der Waals surface area contributed by atoms with E-state index in [1.807, 2.05) is 0 Å². The molecule has 92 valence electrons. The molecule has 0 saturated heterocycles. The van der Waals surface area contributed by atoms with Crippen molar-refractivity contribution in [2.75, 3.05) is 21.1 Å². The van der Waals surface area contributed by atoms with Gasteiger partial charge in [0.05, 0.1) is 0 Å². The molecule has 0 amide bonds. The zero-order valence-corrected chi connectivity index (χ0v) is 10.8. The first-order valence-electron chi connectivity index (χ1n) is 5.52. The van der Waals surface area contributed by atoms with Gasteiger partial charge in [0.1, 0.15) is 0 Å². The summed E-state index contributed by atoms with van der Waals surface area (Å²) in [5.41, 5.74) is 15.0. The fraction of sp³-hybridized carbons (Fsp3) is 0.667. The van der Waals surface area contributed by atoms with Gasteiger partial charge in [-0.25, -0.2) is 0 Å². The average molecular weight is 215 g/mol. The first-order valence-corrected chi connectivity index (χ1v) is 5.52. The molecule has 0 saturated carbocycles. The highest BCUT2D eigenvalue weighted by Gasteiger charge is 1.94. The van der Waals surface area contributed by atoms with Crippen LogP contribution in [-0.4, -0.2) is 21.1 Å². The number of unbranched alkanes of at least 4 members (excludes halogenated alkanes) is 1. The number of rotatable bonds is 3. The molecule has 0 atom stereocenters. The highest BCUT2D eigenvalue weighted by atomic mass is 14.4. The molecule has 0 fully saturated rings. The van der Waals surface area contributed by atoms with Crippen molar-refractivity contribution in [2.24, 2.45) is 17.2 Å². The molecule has 0 aromatic rings. The van der Waals surface area contributed by atoms with Crippen LogP contribution in [0.5, 0.6) is 0 Å². The van der Waals surface area contributed by atoms with Crippen molar-refractivity contribution in [3.8, 4) is 0 Å². The van der Waals surface area contributed by atoms with Gasteiger partial charge in [-0.2, -0.15) is 0 Å². The lowest BCUT2D eigenvalue weighted by molar-refractivity contribution is 0.798. The molecule has 0 aromatic heterocycles. The van der Waals surface area contributed by atoms with Gasteiger partial charge < -0.3 is 17.2 Å². The van der Waals surface area contributed by atoms with Crippen LogP contribution in [-0.2, 0) is 0 Å².